The van der Waals surface area contributed by atoms with Crippen LogP contribution in [0, 0.1) is 40.4 Å². The smallest absolute Gasteiger partial charge is 0.139 e. The molecule has 4 rings (SSSR count). The summed E-state index contributed by atoms with van der Waals surface area (Å²) in [5.74, 6) is 3.85. The molecule has 2 heteroatoms. The third-order valence-electron chi connectivity index (χ3n) is 8.24. The van der Waals surface area contributed by atoms with E-state index in [-0.39, 0.29) is 16.9 Å². The summed E-state index contributed by atoms with van der Waals surface area (Å²) in [6.45, 7) is 7.10. The van der Waals surface area contributed by atoms with E-state index in [1.54, 1.807) is 0 Å². The predicted molar refractivity (Wildman–Crippen MR) is 87.2 cm³/mol. The Kier molecular flexibility index (Phi) is 3.18. The molecule has 0 aliphatic heterocycles. The van der Waals surface area contributed by atoms with Crippen LogP contribution >= 0.6 is 0 Å². The third-order valence-corrected chi connectivity index (χ3v) is 8.24. The number of aliphatic hydroxyl groups is 1. The molecule has 0 heterocycles. The maximum absolute atomic E-state index is 12.5. The lowest BCUT2D eigenvalue weighted by Crippen LogP contribution is -2.55. The summed E-state index contributed by atoms with van der Waals surface area (Å²) in [5, 5.41) is 10.0. The Bertz CT molecular complexity index is 524. The lowest BCUT2D eigenvalue weighted by Gasteiger charge is -2.60. The number of hydrogen-bond acceptors (Lipinski definition) is 2. The van der Waals surface area contributed by atoms with Crippen molar-refractivity contribution in [3.63, 3.8) is 0 Å². The fraction of sp³-hybridized carbons (Fsp3) is 0.850. The van der Waals surface area contributed by atoms with Crippen LogP contribution in [0.15, 0.2) is 12.2 Å². The lowest BCUT2D eigenvalue weighted by molar-refractivity contribution is -0.139. The summed E-state index contributed by atoms with van der Waals surface area (Å²) >= 11 is 0. The van der Waals surface area contributed by atoms with Crippen molar-refractivity contribution in [1.82, 2.24) is 0 Å². The van der Waals surface area contributed by atoms with Crippen molar-refractivity contribution < 1.29 is 9.90 Å². The zero-order chi connectivity index (χ0) is 15.7. The molecule has 0 bridgehead atoms. The van der Waals surface area contributed by atoms with Gasteiger partial charge in [-0.25, -0.2) is 0 Å². The van der Waals surface area contributed by atoms with Crippen LogP contribution in [0.3, 0.4) is 0 Å². The molecule has 0 aromatic carbocycles. The minimum absolute atomic E-state index is 0.0312. The largest absolute Gasteiger partial charge is 0.389 e. The number of hydrogen-bond donors (Lipinski definition) is 1. The number of carbonyl (C=O) groups excluding carboxylic acids is 1. The van der Waals surface area contributed by atoms with E-state index in [1.807, 2.05) is 6.08 Å². The van der Waals surface area contributed by atoms with E-state index in [9.17, 15) is 9.90 Å². The summed E-state index contributed by atoms with van der Waals surface area (Å²) in [4.78, 5) is 12.5. The average molecular weight is 302 g/mol. The van der Waals surface area contributed by atoms with Crippen molar-refractivity contribution in [2.24, 2.45) is 40.4 Å². The highest BCUT2D eigenvalue weighted by Crippen LogP contribution is 2.65. The van der Waals surface area contributed by atoms with E-state index in [1.165, 1.54) is 12.8 Å². The number of ketones is 1. The number of fused-ring (bicyclic) bond motifs is 5. The Labute approximate surface area is 134 Å². The van der Waals surface area contributed by atoms with Gasteiger partial charge in [0.2, 0.25) is 0 Å². The molecular weight excluding hydrogens is 272 g/mol. The van der Waals surface area contributed by atoms with Crippen LogP contribution in [0.2, 0.25) is 0 Å². The van der Waals surface area contributed by atoms with Crippen LogP contribution in [0.4, 0.5) is 0 Å². The fourth-order valence-electron chi connectivity index (χ4n) is 6.95. The van der Waals surface area contributed by atoms with Gasteiger partial charge in [0.15, 0.2) is 0 Å². The molecular formula is C20H30O2. The van der Waals surface area contributed by atoms with Gasteiger partial charge in [-0.1, -0.05) is 32.9 Å². The van der Waals surface area contributed by atoms with Crippen LogP contribution in [-0.2, 0) is 4.79 Å². The Hall–Kier alpha value is -0.630. The van der Waals surface area contributed by atoms with Gasteiger partial charge < -0.3 is 5.11 Å². The van der Waals surface area contributed by atoms with Crippen LogP contribution in [0.25, 0.3) is 0 Å². The number of Topliss-reactive ketones (excluding diaryl/α,β-unsaturated/α-hetero) is 1. The third kappa shape index (κ3) is 1.79. The first kappa shape index (κ1) is 14.9. The molecule has 0 unspecified atom stereocenters. The van der Waals surface area contributed by atoms with Gasteiger partial charge in [-0.05, 0) is 67.1 Å². The second-order valence-corrected chi connectivity index (χ2v) is 9.15. The first-order valence-electron chi connectivity index (χ1n) is 9.27. The molecule has 0 aromatic rings. The topological polar surface area (TPSA) is 37.3 Å². The van der Waals surface area contributed by atoms with Crippen molar-refractivity contribution in [3.8, 4) is 0 Å². The van der Waals surface area contributed by atoms with E-state index in [2.05, 4.69) is 26.8 Å². The molecule has 122 valence electrons. The molecule has 8 atom stereocenters. The summed E-state index contributed by atoms with van der Waals surface area (Å²) in [6.07, 6.45) is 10.5. The molecule has 0 spiro atoms. The van der Waals surface area contributed by atoms with Crippen LogP contribution < -0.4 is 0 Å². The van der Waals surface area contributed by atoms with Gasteiger partial charge in [0, 0.05) is 11.8 Å². The van der Waals surface area contributed by atoms with Crippen LogP contribution in [0.1, 0.15) is 59.3 Å². The molecule has 22 heavy (non-hydrogen) atoms. The summed E-state index contributed by atoms with van der Waals surface area (Å²) in [6, 6.07) is 0. The van der Waals surface area contributed by atoms with Gasteiger partial charge in [0.1, 0.15) is 5.78 Å². The fourth-order valence-corrected chi connectivity index (χ4v) is 6.95. The van der Waals surface area contributed by atoms with E-state index in [0.717, 1.165) is 25.7 Å². The number of allylic oxidation sites excluding steroid dienone is 1. The number of carbonyl (C=O) groups is 1. The van der Waals surface area contributed by atoms with E-state index in [0.29, 0.717) is 35.4 Å². The maximum Gasteiger partial charge on any atom is 0.139 e. The van der Waals surface area contributed by atoms with Gasteiger partial charge in [-0.2, -0.15) is 0 Å². The van der Waals surface area contributed by atoms with Gasteiger partial charge in [-0.15, -0.1) is 0 Å². The number of aliphatic hydroxyl groups excluding tert-OH is 1. The highest BCUT2D eigenvalue weighted by atomic mass is 16.3. The van der Waals surface area contributed by atoms with Crippen LogP contribution in [-0.4, -0.2) is 17.0 Å². The Morgan fingerprint density at radius 1 is 1.18 bits per heavy atom. The summed E-state index contributed by atoms with van der Waals surface area (Å²) in [7, 11) is 0. The molecule has 0 radical (unpaired) electrons. The highest BCUT2D eigenvalue weighted by Gasteiger charge is 2.61. The van der Waals surface area contributed by atoms with Crippen molar-refractivity contribution in [1.29, 1.82) is 0 Å². The monoisotopic (exact) mass is 302 g/mol. The predicted octanol–water partition coefficient (Wildman–Crippen LogP) is 3.98. The molecule has 4 aliphatic carbocycles. The van der Waals surface area contributed by atoms with Gasteiger partial charge >= 0.3 is 0 Å². The van der Waals surface area contributed by atoms with Crippen molar-refractivity contribution in [2.45, 2.75) is 65.4 Å². The minimum atomic E-state index is -0.247. The van der Waals surface area contributed by atoms with E-state index in [4.69, 9.17) is 0 Å². The van der Waals surface area contributed by atoms with Crippen molar-refractivity contribution >= 4 is 5.78 Å². The van der Waals surface area contributed by atoms with E-state index < -0.39 is 0 Å². The second-order valence-electron chi connectivity index (χ2n) is 9.15. The average Bonchev–Trinajstić information content (AvgIpc) is 2.77. The first-order chi connectivity index (χ1) is 10.4. The zero-order valence-corrected chi connectivity index (χ0v) is 14.2. The molecule has 4 aliphatic rings. The molecule has 1 N–H and O–H groups in total. The first-order valence-corrected chi connectivity index (χ1v) is 9.27. The van der Waals surface area contributed by atoms with Crippen molar-refractivity contribution in [2.75, 3.05) is 0 Å². The number of rotatable bonds is 0. The van der Waals surface area contributed by atoms with Crippen LogP contribution in [0.5, 0.6) is 0 Å². The highest BCUT2D eigenvalue weighted by molar-refractivity contribution is 5.87. The molecule has 3 saturated carbocycles. The molecule has 2 nitrogen and oxygen atoms in total. The molecule has 0 saturated heterocycles. The normalized spacial score (nSPS) is 57.2. The molecule has 0 amide bonds. The summed E-state index contributed by atoms with van der Waals surface area (Å²) < 4.78 is 0. The Morgan fingerprint density at radius 3 is 2.73 bits per heavy atom. The lowest BCUT2D eigenvalue weighted by atomic mass is 9.44. The Balaban J connectivity index is 1.73. The van der Waals surface area contributed by atoms with Gasteiger partial charge in [0.05, 0.1) is 6.10 Å². The SMILES string of the molecule is C[C@@H]1C[C@@H]2C[C@@H](O)C=C[C@]2(C)[C@H]2CC[C@]3(C)C(=O)CC[C@H]3[C@H]12. The van der Waals surface area contributed by atoms with Crippen molar-refractivity contribution in [3.05, 3.63) is 12.2 Å². The quantitative estimate of drug-likeness (QED) is 0.687. The van der Waals surface area contributed by atoms with E-state index >= 15 is 0 Å². The standard InChI is InChI=1S/C20H30O2/c1-12-10-13-11-14(21)6-8-19(13,2)16-7-9-20(3)15(18(12)16)4-5-17(20)22/h6,8,12-16,18,21H,4-5,7,9-11H2,1-3H3/t12-,13-,14+,15+,16+,18+,19+,20+/m1/s1. The van der Waals surface area contributed by atoms with Gasteiger partial charge in [-0.3, -0.25) is 4.79 Å². The minimum Gasteiger partial charge on any atom is -0.389 e. The zero-order valence-electron chi connectivity index (χ0n) is 14.2. The molecule has 0 aromatic heterocycles. The summed E-state index contributed by atoms with van der Waals surface area (Å²) in [5.41, 5.74) is 0.208. The molecule has 3 fully saturated rings. The maximum atomic E-state index is 12.5. The Morgan fingerprint density at radius 2 is 1.95 bits per heavy atom. The van der Waals surface area contributed by atoms with Gasteiger partial charge in [0.25, 0.3) is 0 Å². The second kappa shape index (κ2) is 4.69.